The second-order valence-corrected chi connectivity index (χ2v) is 5.04. The van der Waals surface area contributed by atoms with Crippen molar-refractivity contribution in [3.8, 4) is 16.9 Å². The van der Waals surface area contributed by atoms with Gasteiger partial charge in [-0.3, -0.25) is 0 Å². The molecule has 0 atom stereocenters. The first-order valence-corrected chi connectivity index (χ1v) is 6.95. The lowest BCUT2D eigenvalue weighted by Gasteiger charge is -2.02. The summed E-state index contributed by atoms with van der Waals surface area (Å²) in [6, 6.07) is 23.4. The van der Waals surface area contributed by atoms with Crippen LogP contribution in [0.3, 0.4) is 0 Å². The molecule has 0 amide bonds. The summed E-state index contributed by atoms with van der Waals surface area (Å²) in [5.74, 6) is 0.322. The van der Waals surface area contributed by atoms with Gasteiger partial charge in [-0.2, -0.15) is 0 Å². The summed E-state index contributed by atoms with van der Waals surface area (Å²) in [6.45, 7) is 0. The molecular formula is C19H17NO. The van der Waals surface area contributed by atoms with Crippen LogP contribution in [0, 0.1) is 0 Å². The van der Waals surface area contributed by atoms with E-state index in [1.54, 1.807) is 24.3 Å². The summed E-state index contributed by atoms with van der Waals surface area (Å²) in [6.07, 6.45) is 0.984. The van der Waals surface area contributed by atoms with Crippen molar-refractivity contribution in [3.05, 3.63) is 83.9 Å². The monoisotopic (exact) mass is 275 g/mol. The number of phenols is 1. The van der Waals surface area contributed by atoms with Gasteiger partial charge in [-0.1, -0.05) is 54.6 Å². The predicted octanol–water partition coefficient (Wildman–Crippen LogP) is 4.23. The van der Waals surface area contributed by atoms with Crippen LogP contribution in [0.5, 0.6) is 5.75 Å². The van der Waals surface area contributed by atoms with Crippen molar-refractivity contribution >= 4 is 5.69 Å². The van der Waals surface area contributed by atoms with Crippen LogP contribution in [0.2, 0.25) is 0 Å². The van der Waals surface area contributed by atoms with E-state index in [0.29, 0.717) is 5.75 Å². The van der Waals surface area contributed by atoms with Crippen LogP contribution in [-0.4, -0.2) is 5.11 Å². The quantitative estimate of drug-likeness (QED) is 0.472. The molecule has 3 aromatic rings. The Bertz CT molecular complexity index is 751. The van der Waals surface area contributed by atoms with Gasteiger partial charge in [0.2, 0.25) is 0 Å². The lowest BCUT2D eigenvalue weighted by molar-refractivity contribution is 0.475. The second kappa shape index (κ2) is 5.71. The Balaban J connectivity index is 0.000000160. The zero-order valence-electron chi connectivity index (χ0n) is 11.7. The highest BCUT2D eigenvalue weighted by Crippen LogP contribution is 2.38. The number of anilines is 1. The van der Waals surface area contributed by atoms with Gasteiger partial charge in [0.25, 0.3) is 0 Å². The summed E-state index contributed by atoms with van der Waals surface area (Å²) in [5.41, 5.74) is 12.2. The molecule has 0 heterocycles. The SMILES string of the molecule is Nc1cccc2c1Cc1ccccc1-2.Oc1ccccc1. The molecule has 0 fully saturated rings. The van der Waals surface area contributed by atoms with Crippen LogP contribution >= 0.6 is 0 Å². The van der Waals surface area contributed by atoms with E-state index >= 15 is 0 Å². The molecule has 1 aliphatic rings. The van der Waals surface area contributed by atoms with Gasteiger partial charge in [0.15, 0.2) is 0 Å². The van der Waals surface area contributed by atoms with Gasteiger partial charge in [-0.25, -0.2) is 0 Å². The molecule has 0 radical (unpaired) electrons. The fraction of sp³-hybridized carbons (Fsp3) is 0.0526. The molecule has 0 saturated carbocycles. The normalized spacial score (nSPS) is 11.0. The molecule has 104 valence electrons. The Morgan fingerprint density at radius 1 is 0.714 bits per heavy atom. The Morgan fingerprint density at radius 2 is 1.38 bits per heavy atom. The number of rotatable bonds is 0. The minimum absolute atomic E-state index is 0.322. The van der Waals surface area contributed by atoms with E-state index in [-0.39, 0.29) is 0 Å². The van der Waals surface area contributed by atoms with Gasteiger partial charge < -0.3 is 10.8 Å². The van der Waals surface area contributed by atoms with Crippen LogP contribution in [0.15, 0.2) is 72.8 Å². The Labute approximate surface area is 124 Å². The summed E-state index contributed by atoms with van der Waals surface area (Å²) < 4.78 is 0. The van der Waals surface area contributed by atoms with E-state index in [1.165, 1.54) is 22.3 Å². The fourth-order valence-electron chi connectivity index (χ4n) is 2.61. The molecule has 2 heteroatoms. The molecule has 0 bridgehead atoms. The molecule has 0 aliphatic heterocycles. The minimum Gasteiger partial charge on any atom is -0.508 e. The molecule has 0 aromatic heterocycles. The minimum atomic E-state index is 0.322. The number of benzene rings is 3. The average molecular weight is 275 g/mol. The molecule has 21 heavy (non-hydrogen) atoms. The molecular weight excluding hydrogens is 258 g/mol. The Hall–Kier alpha value is -2.74. The largest absolute Gasteiger partial charge is 0.508 e. The fourth-order valence-corrected chi connectivity index (χ4v) is 2.61. The molecule has 4 rings (SSSR count). The third-order valence-electron chi connectivity index (χ3n) is 3.64. The van der Waals surface area contributed by atoms with Gasteiger partial charge in [-0.05, 0) is 40.5 Å². The molecule has 3 N–H and O–H groups in total. The summed E-state index contributed by atoms with van der Waals surface area (Å²) >= 11 is 0. The standard InChI is InChI=1S/C13H11N.C6H6O/c14-13-7-3-6-11-10-5-2-1-4-9(10)8-12(11)13;7-6-4-2-1-3-5-6/h1-7H,8,14H2;1-5,7H. The van der Waals surface area contributed by atoms with Crippen LogP contribution in [0.25, 0.3) is 11.1 Å². The molecule has 2 nitrogen and oxygen atoms in total. The molecule has 0 unspecified atom stereocenters. The van der Waals surface area contributed by atoms with Gasteiger partial charge in [0, 0.05) is 12.1 Å². The van der Waals surface area contributed by atoms with Crippen LogP contribution in [-0.2, 0) is 6.42 Å². The highest BCUT2D eigenvalue weighted by atomic mass is 16.3. The van der Waals surface area contributed by atoms with Crippen molar-refractivity contribution < 1.29 is 5.11 Å². The lowest BCUT2D eigenvalue weighted by Crippen LogP contribution is -1.91. The predicted molar refractivity (Wildman–Crippen MR) is 87.2 cm³/mol. The number of aromatic hydroxyl groups is 1. The van der Waals surface area contributed by atoms with Crippen molar-refractivity contribution in [3.63, 3.8) is 0 Å². The molecule has 3 aromatic carbocycles. The molecule has 0 spiro atoms. The van der Waals surface area contributed by atoms with E-state index in [4.69, 9.17) is 10.8 Å². The highest BCUT2D eigenvalue weighted by Gasteiger charge is 2.18. The number of hydrogen-bond donors (Lipinski definition) is 2. The first-order chi connectivity index (χ1) is 10.3. The summed E-state index contributed by atoms with van der Waals surface area (Å²) in [7, 11) is 0. The number of nitrogen functional groups attached to an aromatic ring is 1. The first-order valence-electron chi connectivity index (χ1n) is 6.95. The van der Waals surface area contributed by atoms with Gasteiger partial charge >= 0.3 is 0 Å². The van der Waals surface area contributed by atoms with E-state index in [9.17, 15) is 0 Å². The summed E-state index contributed by atoms with van der Waals surface area (Å²) in [5, 5.41) is 8.63. The number of fused-ring (bicyclic) bond motifs is 3. The van der Waals surface area contributed by atoms with E-state index in [1.807, 2.05) is 18.2 Å². The van der Waals surface area contributed by atoms with Crippen molar-refractivity contribution in [1.82, 2.24) is 0 Å². The van der Waals surface area contributed by atoms with Crippen molar-refractivity contribution in [2.24, 2.45) is 0 Å². The third kappa shape index (κ3) is 2.75. The number of phenolic OH excluding ortho intramolecular Hbond substituents is 1. The first kappa shape index (κ1) is 13.3. The molecule has 0 saturated heterocycles. The lowest BCUT2D eigenvalue weighted by atomic mass is 10.1. The number of para-hydroxylation sites is 1. The average Bonchev–Trinajstić information content (AvgIpc) is 2.89. The van der Waals surface area contributed by atoms with Crippen LogP contribution in [0.1, 0.15) is 11.1 Å². The summed E-state index contributed by atoms with van der Waals surface area (Å²) in [4.78, 5) is 0. The Kier molecular flexibility index (Phi) is 3.61. The maximum Gasteiger partial charge on any atom is 0.115 e. The maximum absolute atomic E-state index is 8.63. The molecule has 1 aliphatic carbocycles. The van der Waals surface area contributed by atoms with Gasteiger partial charge in [0.1, 0.15) is 5.75 Å². The third-order valence-corrected chi connectivity index (χ3v) is 3.64. The highest BCUT2D eigenvalue weighted by molar-refractivity contribution is 5.81. The van der Waals surface area contributed by atoms with E-state index < -0.39 is 0 Å². The van der Waals surface area contributed by atoms with Crippen molar-refractivity contribution in [2.75, 3.05) is 5.73 Å². The topological polar surface area (TPSA) is 46.2 Å². The zero-order chi connectivity index (χ0) is 14.7. The van der Waals surface area contributed by atoms with Gasteiger partial charge in [0.05, 0.1) is 0 Å². The van der Waals surface area contributed by atoms with Crippen molar-refractivity contribution in [2.45, 2.75) is 6.42 Å². The van der Waals surface area contributed by atoms with Crippen molar-refractivity contribution in [1.29, 1.82) is 0 Å². The number of hydrogen-bond acceptors (Lipinski definition) is 2. The van der Waals surface area contributed by atoms with Gasteiger partial charge in [-0.15, -0.1) is 0 Å². The maximum atomic E-state index is 8.63. The smallest absolute Gasteiger partial charge is 0.115 e. The Morgan fingerprint density at radius 3 is 2.10 bits per heavy atom. The zero-order valence-corrected chi connectivity index (χ0v) is 11.7. The van der Waals surface area contributed by atoms with Crippen LogP contribution < -0.4 is 5.73 Å². The van der Waals surface area contributed by atoms with Crippen LogP contribution in [0.4, 0.5) is 5.69 Å². The number of nitrogens with two attached hydrogens (primary N) is 1. The second-order valence-electron chi connectivity index (χ2n) is 5.04. The van der Waals surface area contributed by atoms with E-state index in [0.717, 1.165) is 12.1 Å². The van der Waals surface area contributed by atoms with E-state index in [2.05, 4.69) is 30.3 Å².